The van der Waals surface area contributed by atoms with Crippen LogP contribution in [0.25, 0.3) is 33.4 Å². The number of hydrogen-bond acceptors (Lipinski definition) is 4. The van der Waals surface area contributed by atoms with Crippen molar-refractivity contribution in [3.05, 3.63) is 71.9 Å². The molecule has 2 aromatic heterocycles. The molecule has 0 aliphatic carbocycles. The van der Waals surface area contributed by atoms with E-state index in [0.29, 0.717) is 17.9 Å². The maximum atomic E-state index is 11.6. The van der Waals surface area contributed by atoms with Gasteiger partial charge in [-0.1, -0.05) is 24.3 Å². The van der Waals surface area contributed by atoms with Crippen molar-refractivity contribution in [3.8, 4) is 28.3 Å². The zero-order chi connectivity index (χ0) is 20.4. The number of aldehydes is 1. The van der Waals surface area contributed by atoms with Crippen molar-refractivity contribution in [2.24, 2.45) is 0 Å². The van der Waals surface area contributed by atoms with Crippen LogP contribution in [0.15, 0.2) is 60.7 Å². The van der Waals surface area contributed by atoms with Crippen LogP contribution in [0.4, 0.5) is 0 Å². The van der Waals surface area contributed by atoms with E-state index in [2.05, 4.69) is 9.24 Å². The fourth-order valence-electron chi connectivity index (χ4n) is 3.40. The highest BCUT2D eigenvalue weighted by Gasteiger charge is 2.11. The van der Waals surface area contributed by atoms with Crippen LogP contribution in [0.1, 0.15) is 23.0 Å². The predicted octanol–water partition coefficient (Wildman–Crippen LogP) is 4.98. The second kappa shape index (κ2) is 8.10. The fraction of sp³-hybridized carbons (Fsp3) is 0.125. The molecule has 1 atom stereocenters. The molecule has 0 spiro atoms. The van der Waals surface area contributed by atoms with Crippen LogP contribution in [0.5, 0.6) is 5.75 Å². The van der Waals surface area contributed by atoms with Gasteiger partial charge in [0.05, 0.1) is 23.5 Å². The number of carbonyl (C=O) groups is 1. The van der Waals surface area contributed by atoms with E-state index in [1.54, 1.807) is 6.07 Å². The van der Waals surface area contributed by atoms with E-state index in [1.165, 1.54) is 0 Å². The van der Waals surface area contributed by atoms with Crippen LogP contribution in [-0.4, -0.2) is 22.9 Å². The molecule has 2 heterocycles. The Balaban J connectivity index is 1.74. The summed E-state index contributed by atoms with van der Waals surface area (Å²) in [5, 5.41) is 1.86. The van der Waals surface area contributed by atoms with Crippen molar-refractivity contribution in [2.75, 3.05) is 6.61 Å². The van der Waals surface area contributed by atoms with E-state index in [1.807, 2.05) is 68.4 Å². The number of nitrogens with zero attached hydrogens (tertiary/aromatic N) is 2. The van der Waals surface area contributed by atoms with E-state index in [9.17, 15) is 4.79 Å². The SMILES string of the molecule is CCOc1ccc(-c2ccc(-c3cc(C=O)c4cc(P)ccc4n3)nc2C)cc1. The predicted molar refractivity (Wildman–Crippen MR) is 121 cm³/mol. The highest BCUT2D eigenvalue weighted by molar-refractivity contribution is 7.27. The Labute approximate surface area is 172 Å². The summed E-state index contributed by atoms with van der Waals surface area (Å²) in [5.41, 5.74) is 5.88. The molecule has 0 fully saturated rings. The number of pyridine rings is 2. The van der Waals surface area contributed by atoms with E-state index >= 15 is 0 Å². The van der Waals surface area contributed by atoms with Crippen molar-refractivity contribution in [1.29, 1.82) is 0 Å². The Morgan fingerprint density at radius 2 is 1.76 bits per heavy atom. The smallest absolute Gasteiger partial charge is 0.150 e. The summed E-state index contributed by atoms with van der Waals surface area (Å²) in [6, 6.07) is 19.6. The molecule has 5 heteroatoms. The van der Waals surface area contributed by atoms with Gasteiger partial charge in [-0.15, -0.1) is 9.24 Å². The molecule has 0 amide bonds. The monoisotopic (exact) mass is 400 g/mol. The molecule has 0 bridgehead atoms. The molecule has 29 heavy (non-hydrogen) atoms. The maximum absolute atomic E-state index is 11.6. The number of rotatable bonds is 5. The standard InChI is InChI=1S/C24H21N2O2P/c1-3-28-18-6-4-16(5-7-18)20-9-11-23(25-15(20)2)24-12-17(14-27)21-13-19(29)8-10-22(21)26-24/h4-14H,3,29H2,1-2H3. The molecule has 0 aliphatic rings. The zero-order valence-electron chi connectivity index (χ0n) is 16.3. The first-order valence-corrected chi connectivity index (χ1v) is 10.0. The second-order valence-corrected chi connectivity index (χ2v) is 7.44. The van der Waals surface area contributed by atoms with Crippen molar-refractivity contribution >= 4 is 31.7 Å². The number of hydrogen-bond donors (Lipinski definition) is 0. The van der Waals surface area contributed by atoms with Crippen LogP contribution in [0.2, 0.25) is 0 Å². The van der Waals surface area contributed by atoms with Crippen molar-refractivity contribution in [2.45, 2.75) is 13.8 Å². The summed E-state index contributed by atoms with van der Waals surface area (Å²) in [6.45, 7) is 4.60. The summed E-state index contributed by atoms with van der Waals surface area (Å²) in [5.74, 6) is 0.855. The third-order valence-corrected chi connectivity index (χ3v) is 5.18. The van der Waals surface area contributed by atoms with Crippen molar-refractivity contribution in [3.63, 3.8) is 0 Å². The Morgan fingerprint density at radius 3 is 2.45 bits per heavy atom. The molecule has 4 rings (SSSR count). The third kappa shape index (κ3) is 3.90. The van der Waals surface area contributed by atoms with E-state index < -0.39 is 0 Å². The number of ether oxygens (including phenoxy) is 1. The van der Waals surface area contributed by atoms with Crippen molar-refractivity contribution in [1.82, 2.24) is 9.97 Å². The minimum absolute atomic E-state index is 0.615. The second-order valence-electron chi connectivity index (χ2n) is 6.78. The van der Waals surface area contributed by atoms with Gasteiger partial charge in [0.15, 0.2) is 6.29 Å². The van der Waals surface area contributed by atoms with Gasteiger partial charge >= 0.3 is 0 Å². The molecular formula is C24H21N2O2P. The molecule has 0 N–H and O–H groups in total. The third-order valence-electron chi connectivity index (χ3n) is 4.82. The van der Waals surface area contributed by atoms with Crippen LogP contribution in [0, 0.1) is 6.92 Å². The largest absolute Gasteiger partial charge is 0.494 e. The van der Waals surface area contributed by atoms with Gasteiger partial charge in [0.2, 0.25) is 0 Å². The summed E-state index contributed by atoms with van der Waals surface area (Å²) in [4.78, 5) is 21.1. The summed E-state index contributed by atoms with van der Waals surface area (Å²) in [6.07, 6.45) is 0.874. The summed E-state index contributed by atoms with van der Waals surface area (Å²) >= 11 is 0. The quantitative estimate of drug-likeness (QED) is 0.350. The molecular weight excluding hydrogens is 379 g/mol. The van der Waals surface area contributed by atoms with Crippen LogP contribution in [-0.2, 0) is 0 Å². The average Bonchev–Trinajstić information content (AvgIpc) is 2.74. The zero-order valence-corrected chi connectivity index (χ0v) is 17.5. The number of aromatic nitrogens is 2. The molecule has 4 nitrogen and oxygen atoms in total. The minimum atomic E-state index is 0.615. The number of fused-ring (bicyclic) bond motifs is 1. The maximum Gasteiger partial charge on any atom is 0.150 e. The lowest BCUT2D eigenvalue weighted by atomic mass is 10.0. The first kappa shape index (κ1) is 19.2. The van der Waals surface area contributed by atoms with Crippen LogP contribution in [0.3, 0.4) is 0 Å². The highest BCUT2D eigenvalue weighted by atomic mass is 31.0. The molecule has 1 unspecified atom stereocenters. The lowest BCUT2D eigenvalue weighted by molar-refractivity contribution is 0.112. The lowest BCUT2D eigenvalue weighted by Gasteiger charge is -2.10. The van der Waals surface area contributed by atoms with Gasteiger partial charge in [0.1, 0.15) is 5.75 Å². The van der Waals surface area contributed by atoms with Crippen LogP contribution >= 0.6 is 9.24 Å². The Bertz CT molecular complexity index is 1200. The first-order chi connectivity index (χ1) is 14.1. The van der Waals surface area contributed by atoms with E-state index in [-0.39, 0.29) is 0 Å². The van der Waals surface area contributed by atoms with Gasteiger partial charge in [-0.05, 0) is 61.1 Å². The molecule has 0 saturated carbocycles. The van der Waals surface area contributed by atoms with E-state index in [0.717, 1.165) is 50.8 Å². The molecule has 0 radical (unpaired) electrons. The fourth-order valence-corrected chi connectivity index (χ4v) is 3.67. The van der Waals surface area contributed by atoms with E-state index in [4.69, 9.17) is 14.7 Å². The highest BCUT2D eigenvalue weighted by Crippen LogP contribution is 2.28. The lowest BCUT2D eigenvalue weighted by Crippen LogP contribution is -1.98. The van der Waals surface area contributed by atoms with Gasteiger partial charge in [-0.3, -0.25) is 9.78 Å². The van der Waals surface area contributed by atoms with Gasteiger partial charge < -0.3 is 4.74 Å². The van der Waals surface area contributed by atoms with Crippen LogP contribution < -0.4 is 10.0 Å². The van der Waals surface area contributed by atoms with Gasteiger partial charge in [-0.25, -0.2) is 4.98 Å². The minimum Gasteiger partial charge on any atom is -0.494 e. The Morgan fingerprint density at radius 1 is 0.966 bits per heavy atom. The molecule has 144 valence electrons. The van der Waals surface area contributed by atoms with Crippen molar-refractivity contribution < 1.29 is 9.53 Å². The molecule has 4 aromatic rings. The number of carbonyl (C=O) groups excluding carboxylic acids is 1. The Kier molecular flexibility index (Phi) is 5.37. The van der Waals surface area contributed by atoms with Gasteiger partial charge in [0, 0.05) is 22.2 Å². The number of aryl methyl sites for hydroxylation is 1. The number of benzene rings is 2. The summed E-state index contributed by atoms with van der Waals surface area (Å²) < 4.78 is 5.51. The van der Waals surface area contributed by atoms with Gasteiger partial charge in [0.25, 0.3) is 0 Å². The average molecular weight is 400 g/mol. The van der Waals surface area contributed by atoms with Gasteiger partial charge in [-0.2, -0.15) is 0 Å². The molecule has 0 aliphatic heterocycles. The first-order valence-electron chi connectivity index (χ1n) is 9.45. The topological polar surface area (TPSA) is 52.1 Å². The molecule has 0 saturated heterocycles. The normalized spacial score (nSPS) is 10.9. The Hall–Kier alpha value is -3.10. The summed E-state index contributed by atoms with van der Waals surface area (Å²) in [7, 11) is 2.65. The molecule has 2 aromatic carbocycles.